The molecule has 3 rings (SSSR count). The summed E-state index contributed by atoms with van der Waals surface area (Å²) in [6, 6.07) is 11.4. The molecule has 0 atom stereocenters. The SMILES string of the molecule is NCc1cn(C(=O)c2ccc(Cl)c([N+](=O)[O-])c2)c2ccccc12. The maximum Gasteiger partial charge on any atom is 0.288 e. The molecule has 2 aromatic carbocycles. The zero-order valence-electron chi connectivity index (χ0n) is 11.9. The number of hydrogen-bond donors (Lipinski definition) is 1. The first-order chi connectivity index (χ1) is 11.0. The van der Waals surface area contributed by atoms with E-state index in [1.807, 2.05) is 18.2 Å². The number of nitro groups is 1. The highest BCUT2D eigenvalue weighted by molar-refractivity contribution is 6.32. The summed E-state index contributed by atoms with van der Waals surface area (Å²) in [7, 11) is 0. The monoisotopic (exact) mass is 329 g/mol. The van der Waals surface area contributed by atoms with E-state index in [0.29, 0.717) is 12.1 Å². The molecule has 0 amide bonds. The van der Waals surface area contributed by atoms with Gasteiger partial charge in [-0.3, -0.25) is 19.5 Å². The number of aromatic nitrogens is 1. The van der Waals surface area contributed by atoms with Gasteiger partial charge in [-0.05, 0) is 23.8 Å². The summed E-state index contributed by atoms with van der Waals surface area (Å²) in [5.74, 6) is -0.374. The molecule has 7 heteroatoms. The van der Waals surface area contributed by atoms with E-state index < -0.39 is 4.92 Å². The molecule has 3 aromatic rings. The summed E-state index contributed by atoms with van der Waals surface area (Å²) in [5.41, 5.74) is 7.14. The Kier molecular flexibility index (Phi) is 3.85. The summed E-state index contributed by atoms with van der Waals surface area (Å²) < 4.78 is 1.45. The zero-order valence-corrected chi connectivity index (χ0v) is 12.7. The molecule has 0 aliphatic carbocycles. The largest absolute Gasteiger partial charge is 0.326 e. The molecule has 116 valence electrons. The van der Waals surface area contributed by atoms with Crippen LogP contribution in [0.2, 0.25) is 5.02 Å². The third-order valence-electron chi connectivity index (χ3n) is 3.62. The van der Waals surface area contributed by atoms with Crippen LogP contribution in [0, 0.1) is 10.1 Å². The van der Waals surface area contributed by atoms with Gasteiger partial charge in [-0.15, -0.1) is 0 Å². The van der Waals surface area contributed by atoms with E-state index in [2.05, 4.69) is 0 Å². The lowest BCUT2D eigenvalue weighted by molar-refractivity contribution is -0.384. The van der Waals surface area contributed by atoms with E-state index in [1.54, 1.807) is 12.3 Å². The minimum absolute atomic E-state index is 0.00781. The first-order valence-corrected chi connectivity index (χ1v) is 7.18. The Balaban J connectivity index is 2.15. The van der Waals surface area contributed by atoms with Crippen molar-refractivity contribution in [1.29, 1.82) is 0 Å². The van der Waals surface area contributed by atoms with Crippen LogP contribution in [0.25, 0.3) is 10.9 Å². The van der Waals surface area contributed by atoms with Gasteiger partial charge in [0.2, 0.25) is 0 Å². The molecule has 1 heterocycles. The lowest BCUT2D eigenvalue weighted by atomic mass is 10.1. The highest BCUT2D eigenvalue weighted by Gasteiger charge is 2.19. The van der Waals surface area contributed by atoms with Gasteiger partial charge in [-0.25, -0.2) is 0 Å². The standard InChI is InChI=1S/C16H12ClN3O3/c17-13-6-5-10(7-15(13)20(22)23)16(21)19-9-11(8-18)12-3-1-2-4-14(12)19/h1-7,9H,8,18H2. The number of para-hydroxylation sites is 1. The van der Waals surface area contributed by atoms with Gasteiger partial charge in [-0.1, -0.05) is 29.8 Å². The highest BCUT2D eigenvalue weighted by Crippen LogP contribution is 2.27. The van der Waals surface area contributed by atoms with Crippen molar-refractivity contribution in [3.63, 3.8) is 0 Å². The summed E-state index contributed by atoms with van der Waals surface area (Å²) >= 11 is 5.79. The van der Waals surface area contributed by atoms with Crippen molar-refractivity contribution >= 4 is 34.1 Å². The summed E-state index contributed by atoms with van der Waals surface area (Å²) in [4.78, 5) is 23.1. The van der Waals surface area contributed by atoms with Crippen LogP contribution in [0.4, 0.5) is 5.69 Å². The Morgan fingerprint density at radius 2 is 2.00 bits per heavy atom. The second kappa shape index (κ2) is 5.83. The lowest BCUT2D eigenvalue weighted by Crippen LogP contribution is -2.11. The van der Waals surface area contributed by atoms with Gasteiger partial charge in [0, 0.05) is 29.8 Å². The number of halogens is 1. The van der Waals surface area contributed by atoms with Crippen molar-refractivity contribution in [2.75, 3.05) is 0 Å². The molecule has 0 fully saturated rings. The van der Waals surface area contributed by atoms with Crippen molar-refractivity contribution in [3.8, 4) is 0 Å². The third kappa shape index (κ3) is 2.58. The average molecular weight is 330 g/mol. The fourth-order valence-corrected chi connectivity index (χ4v) is 2.69. The Bertz CT molecular complexity index is 933. The number of hydrogen-bond acceptors (Lipinski definition) is 4. The molecule has 23 heavy (non-hydrogen) atoms. The van der Waals surface area contributed by atoms with Crippen LogP contribution in [0.5, 0.6) is 0 Å². The van der Waals surface area contributed by atoms with Gasteiger partial charge in [0.25, 0.3) is 11.6 Å². The molecule has 0 spiro atoms. The molecule has 0 radical (unpaired) electrons. The number of nitro benzene ring substituents is 1. The highest BCUT2D eigenvalue weighted by atomic mass is 35.5. The van der Waals surface area contributed by atoms with E-state index in [-0.39, 0.29) is 22.2 Å². The molecule has 0 saturated carbocycles. The molecule has 2 N–H and O–H groups in total. The van der Waals surface area contributed by atoms with Crippen LogP contribution in [-0.4, -0.2) is 15.4 Å². The van der Waals surface area contributed by atoms with Crippen LogP contribution in [0.15, 0.2) is 48.7 Å². The molecule has 1 aromatic heterocycles. The number of carbonyl (C=O) groups is 1. The van der Waals surface area contributed by atoms with Gasteiger partial charge >= 0.3 is 0 Å². The fraction of sp³-hybridized carbons (Fsp3) is 0.0625. The number of fused-ring (bicyclic) bond motifs is 1. The van der Waals surface area contributed by atoms with Gasteiger partial charge in [0.1, 0.15) is 5.02 Å². The fourth-order valence-electron chi connectivity index (χ4n) is 2.51. The summed E-state index contributed by atoms with van der Waals surface area (Å²) in [5, 5.41) is 11.9. The Morgan fingerprint density at radius 3 is 2.70 bits per heavy atom. The molecule has 0 bridgehead atoms. The van der Waals surface area contributed by atoms with Crippen LogP contribution >= 0.6 is 11.6 Å². The van der Waals surface area contributed by atoms with Crippen LogP contribution in [0.1, 0.15) is 15.9 Å². The molecule has 6 nitrogen and oxygen atoms in total. The zero-order chi connectivity index (χ0) is 16.6. The van der Waals surface area contributed by atoms with Gasteiger partial charge in [-0.2, -0.15) is 0 Å². The minimum Gasteiger partial charge on any atom is -0.326 e. The van der Waals surface area contributed by atoms with E-state index in [1.165, 1.54) is 22.8 Å². The quantitative estimate of drug-likeness (QED) is 0.589. The maximum atomic E-state index is 12.7. The van der Waals surface area contributed by atoms with Crippen molar-refractivity contribution in [2.45, 2.75) is 6.54 Å². The molecule has 0 saturated heterocycles. The van der Waals surface area contributed by atoms with Crippen molar-refractivity contribution < 1.29 is 9.72 Å². The first-order valence-electron chi connectivity index (χ1n) is 6.80. The predicted molar refractivity (Wildman–Crippen MR) is 87.7 cm³/mol. The minimum atomic E-state index is -0.613. The third-order valence-corrected chi connectivity index (χ3v) is 3.94. The Hall–Kier alpha value is -2.70. The summed E-state index contributed by atoms with van der Waals surface area (Å²) in [6.45, 7) is 0.293. The molecule has 0 aliphatic heterocycles. The second-order valence-corrected chi connectivity index (χ2v) is 5.38. The lowest BCUT2D eigenvalue weighted by Gasteiger charge is -2.05. The van der Waals surface area contributed by atoms with Crippen molar-refractivity contribution in [1.82, 2.24) is 4.57 Å². The van der Waals surface area contributed by atoms with Crippen LogP contribution in [0.3, 0.4) is 0 Å². The Morgan fingerprint density at radius 1 is 1.26 bits per heavy atom. The van der Waals surface area contributed by atoms with E-state index >= 15 is 0 Å². The number of nitrogens with zero attached hydrogens (tertiary/aromatic N) is 2. The normalized spacial score (nSPS) is 10.9. The second-order valence-electron chi connectivity index (χ2n) is 4.97. The molecular formula is C16H12ClN3O3. The first kappa shape index (κ1) is 15.2. The molecular weight excluding hydrogens is 318 g/mol. The van der Waals surface area contributed by atoms with E-state index in [4.69, 9.17) is 17.3 Å². The molecule has 0 aliphatic rings. The molecule has 0 unspecified atom stereocenters. The number of benzene rings is 2. The summed E-state index contributed by atoms with van der Waals surface area (Å²) in [6.07, 6.45) is 1.66. The van der Waals surface area contributed by atoms with E-state index in [0.717, 1.165) is 10.9 Å². The number of nitrogens with two attached hydrogens (primary N) is 1. The van der Waals surface area contributed by atoms with Crippen LogP contribution in [-0.2, 0) is 6.54 Å². The maximum absolute atomic E-state index is 12.7. The van der Waals surface area contributed by atoms with Gasteiger partial charge < -0.3 is 5.73 Å². The number of carbonyl (C=O) groups excluding carboxylic acids is 1. The number of rotatable bonds is 3. The smallest absolute Gasteiger partial charge is 0.288 e. The van der Waals surface area contributed by atoms with Crippen molar-refractivity contribution in [3.05, 3.63) is 74.9 Å². The van der Waals surface area contributed by atoms with Crippen LogP contribution < -0.4 is 5.73 Å². The Labute approximate surface area is 136 Å². The van der Waals surface area contributed by atoms with E-state index in [9.17, 15) is 14.9 Å². The predicted octanol–water partition coefficient (Wildman–Crippen LogP) is 3.35. The topological polar surface area (TPSA) is 91.2 Å². The van der Waals surface area contributed by atoms with Gasteiger partial charge in [0.15, 0.2) is 0 Å². The van der Waals surface area contributed by atoms with Gasteiger partial charge in [0.05, 0.1) is 10.4 Å². The average Bonchev–Trinajstić information content (AvgIpc) is 2.93. The van der Waals surface area contributed by atoms with Crippen molar-refractivity contribution in [2.24, 2.45) is 5.73 Å².